The average molecular weight is 196 g/mol. The van der Waals surface area contributed by atoms with Crippen molar-refractivity contribution >= 4 is 5.97 Å². The predicted octanol–water partition coefficient (Wildman–Crippen LogP) is 2.77. The van der Waals surface area contributed by atoms with Gasteiger partial charge in [-0.1, -0.05) is 33.1 Å². The van der Waals surface area contributed by atoms with E-state index >= 15 is 0 Å². The number of hydrogen-bond acceptors (Lipinski definition) is 2. The molecule has 0 unspecified atom stereocenters. The molecule has 0 aromatic rings. The maximum absolute atomic E-state index is 11.0. The molecule has 80 valence electrons. The van der Waals surface area contributed by atoms with Gasteiger partial charge in [0.1, 0.15) is 0 Å². The summed E-state index contributed by atoms with van der Waals surface area (Å²) < 4.78 is 4.92. The summed E-state index contributed by atoms with van der Waals surface area (Å²) in [5.74, 6) is 5.46. The standard InChI is InChI=1S/C12H20O2/c1-4-5-6-7-8-12(13)14-10-9-11(2)3/h11H,4-6,9-10H2,1-3H3. The highest BCUT2D eigenvalue weighted by Gasteiger charge is 1.98. The first-order valence-corrected chi connectivity index (χ1v) is 5.32. The second kappa shape index (κ2) is 8.62. The molecule has 0 radical (unpaired) electrons. The first-order valence-electron chi connectivity index (χ1n) is 5.32. The molecule has 14 heavy (non-hydrogen) atoms. The lowest BCUT2D eigenvalue weighted by molar-refractivity contribution is -0.136. The van der Waals surface area contributed by atoms with Gasteiger partial charge < -0.3 is 4.74 Å². The Morgan fingerprint density at radius 3 is 2.71 bits per heavy atom. The molecule has 0 aromatic carbocycles. The molecule has 0 spiro atoms. The van der Waals surface area contributed by atoms with Crippen LogP contribution >= 0.6 is 0 Å². The largest absolute Gasteiger partial charge is 0.456 e. The van der Waals surface area contributed by atoms with Crippen molar-refractivity contribution in [2.24, 2.45) is 5.92 Å². The van der Waals surface area contributed by atoms with Crippen molar-refractivity contribution in [2.75, 3.05) is 6.61 Å². The molecule has 0 saturated heterocycles. The Bertz CT molecular complexity index is 208. The van der Waals surface area contributed by atoms with Gasteiger partial charge in [-0.05, 0) is 18.8 Å². The van der Waals surface area contributed by atoms with Crippen LogP contribution in [0.2, 0.25) is 0 Å². The molecule has 0 aromatic heterocycles. The highest BCUT2D eigenvalue weighted by molar-refractivity contribution is 5.88. The third kappa shape index (κ3) is 9.12. The van der Waals surface area contributed by atoms with Crippen LogP contribution in [-0.4, -0.2) is 12.6 Å². The summed E-state index contributed by atoms with van der Waals surface area (Å²) in [6, 6.07) is 0. The molecule has 0 fully saturated rings. The molecule has 0 atom stereocenters. The molecule has 0 bridgehead atoms. The van der Waals surface area contributed by atoms with E-state index in [9.17, 15) is 4.79 Å². The Balaban J connectivity index is 3.48. The average Bonchev–Trinajstić information content (AvgIpc) is 2.12. The van der Waals surface area contributed by atoms with Crippen LogP contribution in [0.4, 0.5) is 0 Å². The minimum Gasteiger partial charge on any atom is -0.456 e. The zero-order valence-corrected chi connectivity index (χ0v) is 9.43. The minimum atomic E-state index is -0.387. The van der Waals surface area contributed by atoms with Crippen molar-refractivity contribution in [1.82, 2.24) is 0 Å². The van der Waals surface area contributed by atoms with E-state index in [1.165, 1.54) is 0 Å². The first kappa shape index (κ1) is 13.0. The molecule has 2 nitrogen and oxygen atoms in total. The van der Waals surface area contributed by atoms with E-state index in [-0.39, 0.29) is 5.97 Å². The van der Waals surface area contributed by atoms with Gasteiger partial charge in [-0.15, -0.1) is 0 Å². The van der Waals surface area contributed by atoms with E-state index in [0.717, 1.165) is 25.7 Å². The van der Waals surface area contributed by atoms with Crippen LogP contribution in [0.15, 0.2) is 0 Å². The van der Waals surface area contributed by atoms with Crippen molar-refractivity contribution in [3.8, 4) is 11.8 Å². The Morgan fingerprint density at radius 2 is 2.14 bits per heavy atom. The van der Waals surface area contributed by atoms with Crippen LogP contribution in [0.3, 0.4) is 0 Å². The topological polar surface area (TPSA) is 26.3 Å². The first-order chi connectivity index (χ1) is 6.66. The van der Waals surface area contributed by atoms with Crippen LogP contribution in [0.5, 0.6) is 0 Å². The Morgan fingerprint density at radius 1 is 1.43 bits per heavy atom. The van der Waals surface area contributed by atoms with Gasteiger partial charge in [-0.2, -0.15) is 0 Å². The molecule has 0 aliphatic rings. The van der Waals surface area contributed by atoms with Crippen LogP contribution in [0.25, 0.3) is 0 Å². The summed E-state index contributed by atoms with van der Waals surface area (Å²) in [6.45, 7) is 6.78. The van der Waals surface area contributed by atoms with Gasteiger partial charge in [0.05, 0.1) is 6.61 Å². The lowest BCUT2D eigenvalue weighted by atomic mass is 10.1. The van der Waals surface area contributed by atoms with Crippen molar-refractivity contribution in [3.05, 3.63) is 0 Å². The van der Waals surface area contributed by atoms with E-state index in [1.54, 1.807) is 0 Å². The quantitative estimate of drug-likeness (QED) is 0.292. The summed E-state index contributed by atoms with van der Waals surface area (Å²) in [4.78, 5) is 11.0. The van der Waals surface area contributed by atoms with Crippen molar-refractivity contribution in [3.63, 3.8) is 0 Å². The summed E-state index contributed by atoms with van der Waals surface area (Å²) in [5, 5.41) is 0. The van der Waals surface area contributed by atoms with Crippen LogP contribution in [0.1, 0.15) is 46.5 Å². The molecular weight excluding hydrogens is 176 g/mol. The van der Waals surface area contributed by atoms with Gasteiger partial charge in [-0.3, -0.25) is 0 Å². The smallest absolute Gasteiger partial charge is 0.384 e. The van der Waals surface area contributed by atoms with Gasteiger partial charge in [0, 0.05) is 12.3 Å². The van der Waals surface area contributed by atoms with Crippen molar-refractivity contribution in [2.45, 2.75) is 46.5 Å². The number of rotatable bonds is 5. The second-order valence-corrected chi connectivity index (χ2v) is 3.72. The van der Waals surface area contributed by atoms with Gasteiger partial charge in [0.25, 0.3) is 0 Å². The number of unbranched alkanes of at least 4 members (excludes halogenated alkanes) is 2. The summed E-state index contributed by atoms with van der Waals surface area (Å²) in [6.07, 6.45) is 3.85. The van der Waals surface area contributed by atoms with Crippen molar-refractivity contribution in [1.29, 1.82) is 0 Å². The molecule has 0 aliphatic heterocycles. The Hall–Kier alpha value is -0.970. The third-order valence-electron chi connectivity index (χ3n) is 1.77. The molecule has 0 N–H and O–H groups in total. The fraction of sp³-hybridized carbons (Fsp3) is 0.750. The molecule has 0 saturated carbocycles. The maximum Gasteiger partial charge on any atom is 0.384 e. The second-order valence-electron chi connectivity index (χ2n) is 3.72. The summed E-state index contributed by atoms with van der Waals surface area (Å²) in [5.41, 5.74) is 0. The highest BCUT2D eigenvalue weighted by Crippen LogP contribution is 1.98. The summed E-state index contributed by atoms with van der Waals surface area (Å²) in [7, 11) is 0. The number of hydrogen-bond donors (Lipinski definition) is 0. The molecule has 0 heterocycles. The summed E-state index contributed by atoms with van der Waals surface area (Å²) >= 11 is 0. The van der Waals surface area contributed by atoms with Gasteiger partial charge in [-0.25, -0.2) is 4.79 Å². The fourth-order valence-electron chi connectivity index (χ4n) is 0.823. The van der Waals surface area contributed by atoms with Crippen molar-refractivity contribution < 1.29 is 9.53 Å². The van der Waals surface area contributed by atoms with E-state index < -0.39 is 0 Å². The van der Waals surface area contributed by atoms with Gasteiger partial charge >= 0.3 is 5.97 Å². The molecular formula is C12H20O2. The van der Waals surface area contributed by atoms with Gasteiger partial charge in [0.15, 0.2) is 0 Å². The normalized spacial score (nSPS) is 9.43. The monoisotopic (exact) mass is 196 g/mol. The Labute approximate surface area is 87.0 Å². The Kier molecular flexibility index (Phi) is 8.02. The van der Waals surface area contributed by atoms with E-state index in [4.69, 9.17) is 4.74 Å². The zero-order chi connectivity index (χ0) is 10.8. The fourth-order valence-corrected chi connectivity index (χ4v) is 0.823. The molecule has 2 heteroatoms. The molecule has 0 aliphatic carbocycles. The van der Waals surface area contributed by atoms with E-state index in [0.29, 0.717) is 12.5 Å². The lowest BCUT2D eigenvalue weighted by Gasteiger charge is -2.02. The third-order valence-corrected chi connectivity index (χ3v) is 1.77. The molecule has 0 rings (SSSR count). The number of esters is 1. The number of carbonyl (C=O) groups excluding carboxylic acids is 1. The lowest BCUT2D eigenvalue weighted by Crippen LogP contribution is -2.05. The number of carbonyl (C=O) groups is 1. The zero-order valence-electron chi connectivity index (χ0n) is 9.43. The van der Waals surface area contributed by atoms with E-state index in [1.807, 2.05) is 0 Å². The van der Waals surface area contributed by atoms with Gasteiger partial charge in [0.2, 0.25) is 0 Å². The van der Waals surface area contributed by atoms with Crippen LogP contribution in [0, 0.1) is 17.8 Å². The van der Waals surface area contributed by atoms with Crippen LogP contribution in [-0.2, 0) is 9.53 Å². The van der Waals surface area contributed by atoms with Crippen LogP contribution < -0.4 is 0 Å². The number of ether oxygens (including phenoxy) is 1. The maximum atomic E-state index is 11.0. The predicted molar refractivity (Wildman–Crippen MR) is 57.7 cm³/mol. The minimum absolute atomic E-state index is 0.387. The SMILES string of the molecule is CCCCC#CC(=O)OCCC(C)C. The highest BCUT2D eigenvalue weighted by atomic mass is 16.5. The molecule has 0 amide bonds. The van der Waals surface area contributed by atoms with E-state index in [2.05, 4.69) is 32.6 Å².